The Hall–Kier alpha value is -1.26. The predicted octanol–water partition coefficient (Wildman–Crippen LogP) is 2.83. The Labute approximate surface area is 130 Å². The van der Waals surface area contributed by atoms with Gasteiger partial charge in [0.1, 0.15) is 5.84 Å². The van der Waals surface area contributed by atoms with Crippen molar-refractivity contribution in [2.75, 3.05) is 13.1 Å². The van der Waals surface area contributed by atoms with Crippen LogP contribution in [0.25, 0.3) is 11.0 Å². The molecule has 0 saturated carbocycles. The molecule has 2 N–H and O–H groups in total. The number of nitrogens with one attached hydrogen (secondary N) is 2. The lowest BCUT2D eigenvalue weighted by molar-refractivity contribution is 0.644. The van der Waals surface area contributed by atoms with Crippen molar-refractivity contribution in [2.24, 2.45) is 4.99 Å². The Balaban J connectivity index is 0.000000735. The molecule has 1 aliphatic heterocycles. The lowest BCUT2D eigenvalue weighted by Crippen LogP contribution is -2.28. The van der Waals surface area contributed by atoms with Crippen molar-refractivity contribution in [2.45, 2.75) is 25.2 Å². The minimum absolute atomic E-state index is 0. The molecule has 4 nitrogen and oxygen atoms in total. The van der Waals surface area contributed by atoms with Crippen molar-refractivity contribution in [3.05, 3.63) is 29.6 Å². The summed E-state index contributed by atoms with van der Waals surface area (Å²) in [6.45, 7) is 1.91. The number of aromatic amines is 1. The highest BCUT2D eigenvalue weighted by Crippen LogP contribution is 2.35. The first-order valence-corrected chi connectivity index (χ1v) is 6.66. The fourth-order valence-corrected chi connectivity index (χ4v) is 3.24. The van der Waals surface area contributed by atoms with Crippen molar-refractivity contribution < 1.29 is 0 Å². The van der Waals surface area contributed by atoms with Gasteiger partial charge >= 0.3 is 0 Å². The van der Waals surface area contributed by atoms with Gasteiger partial charge in [-0.15, -0.1) is 24.8 Å². The lowest BCUT2D eigenvalue weighted by Gasteiger charge is -2.25. The van der Waals surface area contributed by atoms with Crippen LogP contribution < -0.4 is 5.32 Å². The molecule has 2 heterocycles. The van der Waals surface area contributed by atoms with E-state index in [4.69, 9.17) is 0 Å². The zero-order chi connectivity index (χ0) is 11.9. The van der Waals surface area contributed by atoms with E-state index in [1.807, 2.05) is 0 Å². The van der Waals surface area contributed by atoms with Crippen LogP contribution in [-0.4, -0.2) is 28.9 Å². The molecule has 0 fully saturated rings. The van der Waals surface area contributed by atoms with Crippen LogP contribution in [0.1, 0.15) is 29.9 Å². The Morgan fingerprint density at radius 1 is 1.20 bits per heavy atom. The van der Waals surface area contributed by atoms with Gasteiger partial charge in [0, 0.05) is 12.5 Å². The molecule has 0 radical (unpaired) electrons. The van der Waals surface area contributed by atoms with E-state index in [2.05, 4.69) is 32.4 Å². The van der Waals surface area contributed by atoms with Crippen molar-refractivity contribution in [1.29, 1.82) is 0 Å². The number of aliphatic imine (C=N–C) groups is 1. The van der Waals surface area contributed by atoms with Gasteiger partial charge in [-0.05, 0) is 36.5 Å². The molecule has 1 unspecified atom stereocenters. The van der Waals surface area contributed by atoms with E-state index in [-0.39, 0.29) is 24.8 Å². The molecule has 0 amide bonds. The van der Waals surface area contributed by atoms with Crippen LogP contribution in [0.4, 0.5) is 0 Å². The molecule has 4 rings (SSSR count). The molecule has 1 aromatic carbocycles. The van der Waals surface area contributed by atoms with Crippen LogP contribution in [0, 0.1) is 0 Å². The third-order valence-electron chi connectivity index (χ3n) is 4.06. The fourth-order valence-electron chi connectivity index (χ4n) is 3.24. The first-order valence-electron chi connectivity index (χ1n) is 6.66. The van der Waals surface area contributed by atoms with Crippen LogP contribution in [0.3, 0.4) is 0 Å². The van der Waals surface area contributed by atoms with E-state index in [9.17, 15) is 0 Å². The summed E-state index contributed by atoms with van der Waals surface area (Å²) in [5.74, 6) is 1.64. The Morgan fingerprint density at radius 3 is 2.90 bits per heavy atom. The van der Waals surface area contributed by atoms with Crippen molar-refractivity contribution >= 4 is 41.7 Å². The monoisotopic (exact) mass is 312 g/mol. The number of halogens is 2. The van der Waals surface area contributed by atoms with Gasteiger partial charge in [-0.3, -0.25) is 4.99 Å². The topological polar surface area (TPSA) is 53.1 Å². The van der Waals surface area contributed by atoms with Crippen LogP contribution in [-0.2, 0) is 6.42 Å². The van der Waals surface area contributed by atoms with Crippen molar-refractivity contribution in [1.82, 2.24) is 15.3 Å². The Bertz CT molecular complexity index is 635. The molecule has 2 aromatic rings. The van der Waals surface area contributed by atoms with E-state index < -0.39 is 0 Å². The number of benzene rings is 1. The minimum Gasteiger partial charge on any atom is -0.371 e. The third-order valence-corrected chi connectivity index (χ3v) is 4.06. The second-order valence-corrected chi connectivity index (χ2v) is 5.07. The van der Waals surface area contributed by atoms with Crippen LogP contribution in [0.5, 0.6) is 0 Å². The average molecular weight is 313 g/mol. The molecule has 1 atom stereocenters. The summed E-state index contributed by atoms with van der Waals surface area (Å²) in [6.07, 6.45) is 5.36. The molecule has 6 heteroatoms. The van der Waals surface area contributed by atoms with Gasteiger partial charge in [-0.25, -0.2) is 4.98 Å². The van der Waals surface area contributed by atoms with E-state index in [1.54, 1.807) is 6.33 Å². The highest BCUT2D eigenvalue weighted by atomic mass is 35.5. The number of hydrogen-bond donors (Lipinski definition) is 2. The van der Waals surface area contributed by atoms with Gasteiger partial charge in [-0.2, -0.15) is 0 Å². The molecule has 0 bridgehead atoms. The number of fused-ring (bicyclic) bond motifs is 3. The highest BCUT2D eigenvalue weighted by Gasteiger charge is 2.27. The zero-order valence-corrected chi connectivity index (χ0v) is 12.7. The summed E-state index contributed by atoms with van der Waals surface area (Å²) < 4.78 is 0. The molecule has 108 valence electrons. The van der Waals surface area contributed by atoms with Gasteiger partial charge in [0.15, 0.2) is 0 Å². The number of imidazole rings is 1. The summed E-state index contributed by atoms with van der Waals surface area (Å²) in [5, 5.41) is 3.43. The summed E-state index contributed by atoms with van der Waals surface area (Å²) in [4.78, 5) is 12.3. The van der Waals surface area contributed by atoms with E-state index in [1.165, 1.54) is 29.8 Å². The van der Waals surface area contributed by atoms with Crippen molar-refractivity contribution in [3.63, 3.8) is 0 Å². The third kappa shape index (κ3) is 2.27. The number of hydrogen-bond acceptors (Lipinski definition) is 3. The maximum Gasteiger partial charge on any atom is 0.104 e. The minimum atomic E-state index is 0. The quantitative estimate of drug-likeness (QED) is 0.850. The SMILES string of the molecule is Cl.Cl.c1nc2c3c(ccc2[nH]1)C(C1=NCCN1)CCC3. The average Bonchev–Trinajstić information content (AvgIpc) is 3.09. The number of amidine groups is 1. The van der Waals surface area contributed by atoms with Gasteiger partial charge in [0.2, 0.25) is 0 Å². The first-order chi connectivity index (χ1) is 8.93. The lowest BCUT2D eigenvalue weighted by atomic mass is 9.81. The second-order valence-electron chi connectivity index (χ2n) is 5.07. The molecule has 1 aliphatic carbocycles. The number of aromatic nitrogens is 2. The standard InChI is InChI=1S/C14H16N4.2ClH/c1-2-10-9(4-5-12-13(10)18-8-17-12)11(3-1)14-15-6-7-16-14;;/h4-5,8,11H,1-3,6-7H2,(H,15,16)(H,17,18);2*1H. The number of rotatable bonds is 1. The summed E-state index contributed by atoms with van der Waals surface area (Å²) >= 11 is 0. The number of aryl methyl sites for hydroxylation is 1. The second kappa shape index (κ2) is 6.02. The zero-order valence-electron chi connectivity index (χ0n) is 11.1. The molecule has 0 saturated heterocycles. The Kier molecular flexibility index (Phi) is 4.55. The van der Waals surface area contributed by atoms with Crippen molar-refractivity contribution in [3.8, 4) is 0 Å². The number of nitrogens with zero attached hydrogens (tertiary/aromatic N) is 2. The molecule has 20 heavy (non-hydrogen) atoms. The van der Waals surface area contributed by atoms with E-state index in [0.29, 0.717) is 5.92 Å². The molecule has 0 spiro atoms. The molecular formula is C14H18Cl2N4. The van der Waals surface area contributed by atoms with Gasteiger partial charge in [-0.1, -0.05) is 6.07 Å². The van der Waals surface area contributed by atoms with Crippen LogP contribution in [0.2, 0.25) is 0 Å². The van der Waals surface area contributed by atoms with Gasteiger partial charge in [0.25, 0.3) is 0 Å². The molecular weight excluding hydrogens is 295 g/mol. The first kappa shape index (κ1) is 15.1. The van der Waals surface area contributed by atoms with E-state index >= 15 is 0 Å². The summed E-state index contributed by atoms with van der Waals surface area (Å²) in [5.41, 5.74) is 5.14. The van der Waals surface area contributed by atoms with Crippen LogP contribution in [0.15, 0.2) is 23.5 Å². The van der Waals surface area contributed by atoms with Crippen LogP contribution >= 0.6 is 24.8 Å². The number of H-pyrrole nitrogens is 1. The maximum absolute atomic E-state index is 4.60. The van der Waals surface area contributed by atoms with E-state index in [0.717, 1.165) is 30.5 Å². The highest BCUT2D eigenvalue weighted by molar-refractivity contribution is 5.92. The van der Waals surface area contributed by atoms with Gasteiger partial charge in [0.05, 0.1) is 23.9 Å². The Morgan fingerprint density at radius 2 is 2.10 bits per heavy atom. The van der Waals surface area contributed by atoms with Gasteiger partial charge < -0.3 is 10.3 Å². The predicted molar refractivity (Wildman–Crippen MR) is 86.6 cm³/mol. The smallest absolute Gasteiger partial charge is 0.104 e. The summed E-state index contributed by atoms with van der Waals surface area (Å²) in [6, 6.07) is 4.40. The molecule has 2 aliphatic rings. The fraction of sp³-hybridized carbons (Fsp3) is 0.429. The maximum atomic E-state index is 4.60. The largest absolute Gasteiger partial charge is 0.371 e. The summed E-state index contributed by atoms with van der Waals surface area (Å²) in [7, 11) is 0. The normalized spacial score (nSPS) is 20.4. The molecule has 1 aromatic heterocycles.